The largest absolute Gasteiger partial charge is 0.416 e. The number of aromatic amines is 1. The van der Waals surface area contributed by atoms with Crippen molar-refractivity contribution in [3.05, 3.63) is 63.2 Å². The number of aromatic nitrogens is 4. The van der Waals surface area contributed by atoms with Crippen molar-refractivity contribution in [2.75, 3.05) is 5.32 Å². The van der Waals surface area contributed by atoms with Gasteiger partial charge in [-0.15, -0.1) is 5.10 Å². The Kier molecular flexibility index (Phi) is 5.37. The lowest BCUT2D eigenvalue weighted by Crippen LogP contribution is -2.13. The van der Waals surface area contributed by atoms with Gasteiger partial charge in [0.05, 0.1) is 28.3 Å². The van der Waals surface area contributed by atoms with Gasteiger partial charge >= 0.3 is 11.9 Å². The van der Waals surface area contributed by atoms with Crippen LogP contribution in [0.2, 0.25) is 0 Å². The number of imidazole rings is 1. The van der Waals surface area contributed by atoms with Crippen LogP contribution in [0.5, 0.6) is 0 Å². The Morgan fingerprint density at radius 2 is 1.91 bits per heavy atom. The predicted molar refractivity (Wildman–Crippen MR) is 126 cm³/mol. The number of aryl methyl sites for hydroxylation is 2. The van der Waals surface area contributed by atoms with Gasteiger partial charge in [0.25, 0.3) is 0 Å². The molecule has 1 saturated carbocycles. The predicted octanol–water partition coefficient (Wildman–Crippen LogP) is 5.97. The summed E-state index contributed by atoms with van der Waals surface area (Å²) in [6.45, 7) is 3.69. The van der Waals surface area contributed by atoms with E-state index < -0.39 is 17.8 Å². The van der Waals surface area contributed by atoms with Crippen molar-refractivity contribution in [1.29, 1.82) is 0 Å². The number of hydrogen-bond acceptors (Lipinski definition) is 4. The standard InChI is InChI=1S/C25H26F3N5O/c1-13(16-9-6-10-17(11-16)25(26,27)28)29-23-21-18(14(2)31-32-23)12-19-22(30-24(34)33(19)3)20(21)15-7-4-5-8-15/h6,9-13,15H,4-5,7-8H2,1-3H3,(H,29,32)(H,30,34). The molecule has 5 rings (SSSR count). The Labute approximate surface area is 194 Å². The molecule has 0 aliphatic heterocycles. The van der Waals surface area contributed by atoms with Crippen molar-refractivity contribution < 1.29 is 13.2 Å². The van der Waals surface area contributed by atoms with Crippen LogP contribution < -0.4 is 11.0 Å². The third-order valence-electron chi connectivity index (χ3n) is 7.00. The van der Waals surface area contributed by atoms with Crippen LogP contribution in [-0.4, -0.2) is 19.7 Å². The van der Waals surface area contributed by atoms with Crippen LogP contribution in [0, 0.1) is 6.92 Å². The zero-order valence-corrected chi connectivity index (χ0v) is 19.3. The minimum absolute atomic E-state index is 0.185. The normalized spacial score (nSPS) is 15.9. The molecular formula is C25H26F3N5O. The van der Waals surface area contributed by atoms with E-state index in [2.05, 4.69) is 20.5 Å². The average Bonchev–Trinajstić information content (AvgIpc) is 3.43. The minimum Gasteiger partial charge on any atom is -0.362 e. The Hall–Kier alpha value is -3.36. The van der Waals surface area contributed by atoms with Crippen molar-refractivity contribution in [3.8, 4) is 0 Å². The summed E-state index contributed by atoms with van der Waals surface area (Å²) in [6.07, 6.45) is -0.169. The van der Waals surface area contributed by atoms with Gasteiger partial charge in [-0.2, -0.15) is 18.3 Å². The number of hydrogen-bond donors (Lipinski definition) is 2. The second-order valence-corrected chi connectivity index (χ2v) is 9.20. The lowest BCUT2D eigenvalue weighted by atomic mass is 9.90. The highest BCUT2D eigenvalue weighted by atomic mass is 19.4. The molecule has 1 unspecified atom stereocenters. The molecule has 0 radical (unpaired) electrons. The van der Waals surface area contributed by atoms with E-state index in [4.69, 9.17) is 0 Å². The van der Waals surface area contributed by atoms with E-state index in [1.54, 1.807) is 24.6 Å². The molecule has 1 aliphatic carbocycles. The van der Waals surface area contributed by atoms with Crippen LogP contribution in [0.3, 0.4) is 0 Å². The Morgan fingerprint density at radius 1 is 1.18 bits per heavy atom. The van der Waals surface area contributed by atoms with Crippen molar-refractivity contribution in [3.63, 3.8) is 0 Å². The van der Waals surface area contributed by atoms with E-state index >= 15 is 0 Å². The molecule has 2 aromatic carbocycles. The first kappa shape index (κ1) is 22.4. The van der Waals surface area contributed by atoms with E-state index in [0.717, 1.165) is 70.9 Å². The molecule has 0 saturated heterocycles. The Morgan fingerprint density at radius 3 is 2.62 bits per heavy atom. The highest BCUT2D eigenvalue weighted by Crippen LogP contribution is 2.43. The quantitative estimate of drug-likeness (QED) is 0.386. The van der Waals surface area contributed by atoms with Gasteiger partial charge in [-0.3, -0.25) is 4.57 Å². The lowest BCUT2D eigenvalue weighted by Gasteiger charge is -2.21. The Bertz CT molecular complexity index is 1450. The summed E-state index contributed by atoms with van der Waals surface area (Å²) in [5.74, 6) is 0.774. The maximum Gasteiger partial charge on any atom is 0.416 e. The van der Waals surface area contributed by atoms with Gasteiger partial charge in [0, 0.05) is 17.8 Å². The summed E-state index contributed by atoms with van der Waals surface area (Å²) in [5, 5.41) is 13.8. The molecule has 2 aromatic heterocycles. The van der Waals surface area contributed by atoms with Crippen LogP contribution in [0.25, 0.3) is 21.8 Å². The molecule has 1 atom stereocenters. The van der Waals surface area contributed by atoms with Gasteiger partial charge in [0.1, 0.15) is 0 Å². The molecule has 0 amide bonds. The third-order valence-corrected chi connectivity index (χ3v) is 7.00. The van der Waals surface area contributed by atoms with Crippen molar-refractivity contribution in [1.82, 2.24) is 19.7 Å². The first-order chi connectivity index (χ1) is 16.1. The summed E-state index contributed by atoms with van der Waals surface area (Å²) in [5.41, 5.74) is 3.02. The molecule has 0 bridgehead atoms. The molecule has 6 nitrogen and oxygen atoms in total. The van der Waals surface area contributed by atoms with Crippen molar-refractivity contribution in [2.45, 2.75) is 57.7 Å². The van der Waals surface area contributed by atoms with Gasteiger partial charge in [0.2, 0.25) is 0 Å². The smallest absolute Gasteiger partial charge is 0.362 e. The number of H-pyrrole nitrogens is 1. The van der Waals surface area contributed by atoms with Crippen LogP contribution >= 0.6 is 0 Å². The number of nitrogens with one attached hydrogen (secondary N) is 2. The highest BCUT2D eigenvalue weighted by molar-refractivity contribution is 6.05. The number of halogens is 3. The van der Waals surface area contributed by atoms with Crippen LogP contribution in [0.4, 0.5) is 19.0 Å². The fourth-order valence-corrected chi connectivity index (χ4v) is 5.15. The molecule has 4 aromatic rings. The van der Waals surface area contributed by atoms with Gasteiger partial charge in [-0.1, -0.05) is 25.0 Å². The number of rotatable bonds is 4. The van der Waals surface area contributed by atoms with E-state index in [9.17, 15) is 18.0 Å². The maximum atomic E-state index is 13.2. The maximum absolute atomic E-state index is 13.2. The molecule has 2 heterocycles. The second-order valence-electron chi connectivity index (χ2n) is 9.20. The van der Waals surface area contributed by atoms with Crippen molar-refractivity contribution in [2.24, 2.45) is 7.05 Å². The number of benzene rings is 2. The lowest BCUT2D eigenvalue weighted by molar-refractivity contribution is -0.137. The van der Waals surface area contributed by atoms with Crippen LogP contribution in [0.15, 0.2) is 35.1 Å². The molecule has 9 heteroatoms. The molecule has 1 aliphatic rings. The molecule has 34 heavy (non-hydrogen) atoms. The summed E-state index contributed by atoms with van der Waals surface area (Å²) in [6, 6.07) is 6.82. The van der Waals surface area contributed by atoms with Crippen molar-refractivity contribution >= 4 is 27.6 Å². The van der Waals surface area contributed by atoms with Gasteiger partial charge in [-0.25, -0.2) is 4.79 Å². The number of alkyl halides is 3. The summed E-state index contributed by atoms with van der Waals surface area (Å²) < 4.78 is 41.3. The topological polar surface area (TPSA) is 75.6 Å². The Balaban J connectivity index is 1.69. The SMILES string of the molecule is Cc1nnc(NC(C)c2cccc(C(F)(F)F)c2)c2c(C3CCCC3)c3[nH]c(=O)n(C)c3cc12. The first-order valence-corrected chi connectivity index (χ1v) is 11.5. The van der Waals surface area contributed by atoms with Gasteiger partial charge in [0.15, 0.2) is 5.82 Å². The first-order valence-electron chi connectivity index (χ1n) is 11.5. The molecule has 0 spiro atoms. The molecule has 178 valence electrons. The van der Waals surface area contributed by atoms with Crippen LogP contribution in [-0.2, 0) is 13.2 Å². The average molecular weight is 470 g/mol. The van der Waals surface area contributed by atoms with E-state index in [1.165, 1.54) is 6.07 Å². The zero-order valence-electron chi connectivity index (χ0n) is 19.3. The number of anilines is 1. The molecular weight excluding hydrogens is 443 g/mol. The zero-order chi connectivity index (χ0) is 24.2. The third kappa shape index (κ3) is 3.73. The minimum atomic E-state index is -4.41. The van der Waals surface area contributed by atoms with Gasteiger partial charge < -0.3 is 10.3 Å². The van der Waals surface area contributed by atoms with E-state index in [-0.39, 0.29) is 11.6 Å². The number of nitrogens with zero attached hydrogens (tertiary/aromatic N) is 3. The van der Waals surface area contributed by atoms with Gasteiger partial charge in [-0.05, 0) is 61.9 Å². The monoisotopic (exact) mass is 469 g/mol. The highest BCUT2D eigenvalue weighted by Gasteiger charge is 2.31. The van der Waals surface area contributed by atoms with E-state index in [1.807, 2.05) is 13.0 Å². The fraction of sp³-hybridized carbons (Fsp3) is 0.400. The summed E-state index contributed by atoms with van der Waals surface area (Å²) in [7, 11) is 1.74. The summed E-state index contributed by atoms with van der Waals surface area (Å²) >= 11 is 0. The summed E-state index contributed by atoms with van der Waals surface area (Å²) in [4.78, 5) is 15.5. The molecule has 1 fully saturated rings. The second kappa shape index (κ2) is 8.14. The van der Waals surface area contributed by atoms with E-state index in [0.29, 0.717) is 11.4 Å². The molecule has 2 N–H and O–H groups in total. The fourth-order valence-electron chi connectivity index (χ4n) is 5.15. The van der Waals surface area contributed by atoms with Crippen LogP contribution in [0.1, 0.15) is 67.0 Å². The number of fused-ring (bicyclic) bond motifs is 2.